The van der Waals surface area contributed by atoms with E-state index in [1.807, 2.05) is 82.4 Å². The Morgan fingerprint density at radius 3 is 2.08 bits per heavy atom. The second-order valence-electron chi connectivity index (χ2n) is 17.3. The van der Waals surface area contributed by atoms with Crippen LogP contribution in [0.15, 0.2) is 90.2 Å². The van der Waals surface area contributed by atoms with Crippen molar-refractivity contribution in [2.45, 2.75) is 113 Å². The van der Waals surface area contributed by atoms with Crippen molar-refractivity contribution in [3.63, 3.8) is 0 Å². The number of para-hydroxylation sites is 1. The number of carboxylic acids is 1. The highest BCUT2D eigenvalue weighted by Crippen LogP contribution is 2.28. The lowest BCUT2D eigenvalue weighted by Gasteiger charge is -2.30. The number of aromatic nitrogens is 1. The van der Waals surface area contributed by atoms with Crippen LogP contribution in [0.25, 0.3) is 0 Å². The van der Waals surface area contributed by atoms with Crippen molar-refractivity contribution in [1.82, 2.24) is 20.1 Å². The number of carbonyl (C=O) groups is 3. The van der Waals surface area contributed by atoms with Gasteiger partial charge in [0, 0.05) is 66.2 Å². The predicted octanol–water partition coefficient (Wildman–Crippen LogP) is 9.33. The van der Waals surface area contributed by atoms with Gasteiger partial charge in [-0.1, -0.05) is 122 Å². The molecule has 3 atom stereocenters. The summed E-state index contributed by atoms with van der Waals surface area (Å²) in [6.45, 7) is 20.0. The molecule has 0 spiro atoms. The van der Waals surface area contributed by atoms with Crippen LogP contribution >= 0.6 is 23.4 Å². The van der Waals surface area contributed by atoms with Crippen molar-refractivity contribution >= 4 is 52.0 Å². The van der Waals surface area contributed by atoms with E-state index >= 15 is 0 Å². The maximum atomic E-state index is 12.6. The zero-order valence-corrected chi connectivity index (χ0v) is 39.1. The minimum Gasteiger partial charge on any atom is -0.492 e. The molecular weight excluding hydrogens is 810 g/mol. The highest BCUT2D eigenvalue weighted by Gasteiger charge is 2.32. The smallest absolute Gasteiger partial charge is 0.323 e. The van der Waals surface area contributed by atoms with E-state index in [2.05, 4.69) is 77.5 Å². The number of alkyl halides is 1. The number of thioether (sulfide) groups is 1. The van der Waals surface area contributed by atoms with Gasteiger partial charge in [0.1, 0.15) is 18.9 Å². The molecule has 3 aromatic rings. The first-order valence-electron chi connectivity index (χ1n) is 21.0. The van der Waals surface area contributed by atoms with Crippen LogP contribution in [-0.4, -0.2) is 92.3 Å². The fourth-order valence-corrected chi connectivity index (χ4v) is 7.04. The van der Waals surface area contributed by atoms with Gasteiger partial charge in [0.05, 0.1) is 6.04 Å². The van der Waals surface area contributed by atoms with E-state index in [4.69, 9.17) is 26.7 Å². The summed E-state index contributed by atoms with van der Waals surface area (Å²) in [6.07, 6.45) is 9.08. The molecule has 4 rings (SSSR count). The van der Waals surface area contributed by atoms with Gasteiger partial charge in [0.2, 0.25) is 11.9 Å². The standard InChI is InChI=1S/C18H22ClNO.C16H27NO4S.C13H19N5/c1-16(15-21-18-10-6-3-7-11-18)20(13-12-19)14-17-8-4-2-5-9-17;1-11(10-22-15(21)16(2,3)4)14(20)17(9-13(18)19)12-7-5-6-8-12;1-10(13(2,3)4)17-12(16-9-14)18-11-5-7-15-8-6-11/h2-11,16H,12-15H2,1H3;11-12H,5-10H2,1-4H3,(H,18,19);5-8,10H,1-4H3,(H2,15,16,17,18)/t16-;11-;/m01./s1. The zero-order valence-electron chi connectivity index (χ0n) is 37.6. The van der Waals surface area contributed by atoms with Crippen molar-refractivity contribution < 1.29 is 24.2 Å². The second-order valence-corrected chi connectivity index (χ2v) is 18.7. The molecule has 1 aliphatic carbocycles. The van der Waals surface area contributed by atoms with E-state index in [0.29, 0.717) is 30.2 Å². The van der Waals surface area contributed by atoms with Crippen molar-refractivity contribution in [2.24, 2.45) is 21.7 Å². The number of nitrogens with zero attached hydrogens (tertiary/aromatic N) is 5. The van der Waals surface area contributed by atoms with E-state index in [1.54, 1.807) is 19.3 Å². The summed E-state index contributed by atoms with van der Waals surface area (Å²) >= 11 is 7.11. The SMILES string of the molecule is CC(N=C(NC#N)Nc1ccncc1)C(C)(C)C.C[C@@H](COc1ccccc1)N(CCCl)Cc1ccccc1.C[C@H](CSC(=O)C(C)(C)C)C(=O)N(CC(=O)O)C1CCCC1. The molecule has 1 fully saturated rings. The summed E-state index contributed by atoms with van der Waals surface area (Å²) in [7, 11) is 0. The molecule has 1 heterocycles. The number of anilines is 1. The van der Waals surface area contributed by atoms with E-state index in [9.17, 15) is 14.4 Å². The van der Waals surface area contributed by atoms with Crippen LogP contribution in [-0.2, 0) is 20.9 Å². The molecule has 12 nitrogen and oxygen atoms in total. The summed E-state index contributed by atoms with van der Waals surface area (Å²) in [6, 6.07) is 24.5. The lowest BCUT2D eigenvalue weighted by molar-refractivity contribution is -0.147. The van der Waals surface area contributed by atoms with E-state index in [0.717, 1.165) is 62.0 Å². The minimum absolute atomic E-state index is 0.0365. The highest BCUT2D eigenvalue weighted by atomic mass is 35.5. The molecular formula is C47H68ClN7O5S. The molecule has 0 radical (unpaired) electrons. The van der Waals surface area contributed by atoms with Crippen molar-refractivity contribution in [3.05, 3.63) is 90.8 Å². The average Bonchev–Trinajstić information content (AvgIpc) is 3.76. The quantitative estimate of drug-likeness (QED) is 0.0414. The number of carboxylic acid groups (broad SMARTS) is 1. The number of aliphatic carboxylic acids is 1. The molecule has 1 unspecified atom stereocenters. The minimum atomic E-state index is -0.981. The van der Waals surface area contributed by atoms with Crippen LogP contribution in [0.1, 0.15) is 93.6 Å². The number of pyridine rings is 1. The summed E-state index contributed by atoms with van der Waals surface area (Å²) in [5.74, 6) is 0.909. The number of halogens is 1. The van der Waals surface area contributed by atoms with Crippen LogP contribution in [0, 0.1) is 28.2 Å². The Bertz CT molecular complexity index is 1800. The van der Waals surface area contributed by atoms with Crippen LogP contribution in [0.3, 0.4) is 0 Å². The van der Waals surface area contributed by atoms with Gasteiger partial charge < -0.3 is 20.1 Å². The van der Waals surface area contributed by atoms with Gasteiger partial charge in [-0.2, -0.15) is 5.26 Å². The Morgan fingerprint density at radius 2 is 1.56 bits per heavy atom. The van der Waals surface area contributed by atoms with Crippen LogP contribution in [0.5, 0.6) is 5.75 Å². The maximum absolute atomic E-state index is 12.6. The lowest BCUT2D eigenvalue weighted by Crippen LogP contribution is -2.45. The topological polar surface area (TPSA) is 160 Å². The first-order chi connectivity index (χ1) is 28.8. The van der Waals surface area contributed by atoms with Crippen LogP contribution < -0.4 is 15.4 Å². The molecule has 14 heteroatoms. The number of benzene rings is 2. The molecule has 334 valence electrons. The molecule has 1 aromatic heterocycles. The monoisotopic (exact) mass is 877 g/mol. The number of carbonyl (C=O) groups excluding carboxylic acids is 2. The Labute approximate surface area is 373 Å². The van der Waals surface area contributed by atoms with Crippen LogP contribution in [0.4, 0.5) is 5.69 Å². The molecule has 0 saturated heterocycles. The highest BCUT2D eigenvalue weighted by molar-refractivity contribution is 8.13. The largest absolute Gasteiger partial charge is 0.492 e. The molecule has 2 aromatic carbocycles. The number of nitrogens with one attached hydrogen (secondary N) is 2. The fraction of sp³-hybridized carbons (Fsp3) is 0.532. The van der Waals surface area contributed by atoms with Gasteiger partial charge in [-0.15, -0.1) is 11.6 Å². The summed E-state index contributed by atoms with van der Waals surface area (Å²) in [5, 5.41) is 23.5. The summed E-state index contributed by atoms with van der Waals surface area (Å²) in [5.41, 5.74) is 1.75. The molecule has 1 amide bonds. The van der Waals surface area contributed by atoms with Crippen LogP contribution in [0.2, 0.25) is 0 Å². The number of hydrogen-bond acceptors (Lipinski definition) is 9. The molecule has 61 heavy (non-hydrogen) atoms. The van der Waals surface area contributed by atoms with E-state index in [-0.39, 0.29) is 41.0 Å². The third kappa shape index (κ3) is 21.1. The zero-order chi connectivity index (χ0) is 45.4. The van der Waals surface area contributed by atoms with Gasteiger partial charge in [-0.05, 0) is 61.9 Å². The van der Waals surface area contributed by atoms with Gasteiger partial charge in [-0.25, -0.2) is 4.99 Å². The third-order valence-corrected chi connectivity index (χ3v) is 11.7. The first-order valence-corrected chi connectivity index (χ1v) is 22.5. The number of guanidine groups is 1. The molecule has 0 bridgehead atoms. The van der Waals surface area contributed by atoms with Crippen molar-refractivity contribution in [1.29, 1.82) is 5.26 Å². The predicted molar refractivity (Wildman–Crippen MR) is 250 cm³/mol. The average molecular weight is 879 g/mol. The summed E-state index contributed by atoms with van der Waals surface area (Å²) < 4.78 is 5.85. The molecule has 1 saturated carbocycles. The number of amides is 1. The first kappa shape index (κ1) is 52.5. The second kappa shape index (κ2) is 27.3. The van der Waals surface area contributed by atoms with Gasteiger partial charge in [-0.3, -0.25) is 29.6 Å². The normalized spacial score (nSPS) is 14.5. The Balaban J connectivity index is 0.000000317. The Morgan fingerprint density at radius 1 is 0.967 bits per heavy atom. The molecule has 3 N–H and O–H groups in total. The lowest BCUT2D eigenvalue weighted by atomic mass is 9.88. The summed E-state index contributed by atoms with van der Waals surface area (Å²) in [4.78, 5) is 47.8. The fourth-order valence-electron chi connectivity index (χ4n) is 5.85. The number of aliphatic imine (C=N–C) groups is 1. The number of hydrogen-bond donors (Lipinski definition) is 3. The van der Waals surface area contributed by atoms with Gasteiger partial charge in [0.25, 0.3) is 0 Å². The third-order valence-electron chi connectivity index (χ3n) is 10.0. The van der Waals surface area contributed by atoms with Crippen molar-refractivity contribution in [3.8, 4) is 11.9 Å². The number of ether oxygens (including phenoxy) is 1. The van der Waals surface area contributed by atoms with Gasteiger partial charge >= 0.3 is 5.97 Å². The Hall–Kier alpha value is -4.64. The van der Waals surface area contributed by atoms with E-state index in [1.165, 1.54) is 10.5 Å². The Kier molecular flexibility index (Phi) is 23.5. The maximum Gasteiger partial charge on any atom is 0.323 e. The number of rotatable bonds is 16. The van der Waals surface area contributed by atoms with E-state index < -0.39 is 11.4 Å². The molecule has 0 aliphatic heterocycles. The number of nitriles is 1. The van der Waals surface area contributed by atoms with Gasteiger partial charge in [0.15, 0.2) is 11.3 Å². The molecule has 1 aliphatic rings. The van der Waals surface area contributed by atoms with Crippen molar-refractivity contribution in [2.75, 3.05) is 36.6 Å².